The molecule has 1 aliphatic heterocycles. The van der Waals surface area contributed by atoms with E-state index in [1.165, 1.54) is 21.7 Å². The first-order valence-corrected chi connectivity index (χ1v) is 15.6. The lowest BCUT2D eigenvalue weighted by atomic mass is 10.0. The molecule has 1 unspecified atom stereocenters. The lowest BCUT2D eigenvalue weighted by molar-refractivity contribution is -0.123. The zero-order valence-electron chi connectivity index (χ0n) is 20.5. The maximum absolute atomic E-state index is 14.2. The van der Waals surface area contributed by atoms with Gasteiger partial charge in [-0.1, -0.05) is 61.4 Å². The summed E-state index contributed by atoms with van der Waals surface area (Å²) in [5.41, 5.74) is 2.84. The standard InChI is InChI=1S/C26H27ClN4O3S3/c1-17(2)19-8-5-10-21-24(19)29-26(35-21)30(16-18-7-6-13-28-15-18)25(32)20-9-3-4-14-31(20)37(33,34)23-12-11-22(27)36-23/h5-8,10-13,15,17,20H,3-4,9,14,16H2,1-2H3. The quantitative estimate of drug-likeness (QED) is 0.258. The van der Waals surface area contributed by atoms with Crippen LogP contribution in [0.2, 0.25) is 4.34 Å². The number of amides is 1. The molecule has 1 aliphatic rings. The van der Waals surface area contributed by atoms with Crippen LogP contribution in [-0.2, 0) is 21.4 Å². The van der Waals surface area contributed by atoms with E-state index in [4.69, 9.17) is 16.6 Å². The molecule has 0 aliphatic carbocycles. The minimum Gasteiger partial charge on any atom is -0.282 e. The second-order valence-corrected chi connectivity index (χ2v) is 14.2. The summed E-state index contributed by atoms with van der Waals surface area (Å²) in [4.78, 5) is 25.0. The summed E-state index contributed by atoms with van der Waals surface area (Å²) in [5, 5.41) is 0.555. The first kappa shape index (κ1) is 26.2. The zero-order valence-corrected chi connectivity index (χ0v) is 23.7. The molecule has 0 spiro atoms. The zero-order chi connectivity index (χ0) is 26.2. The van der Waals surface area contributed by atoms with Gasteiger partial charge in [-0.15, -0.1) is 11.3 Å². The van der Waals surface area contributed by atoms with Crippen LogP contribution in [0.4, 0.5) is 5.13 Å². The van der Waals surface area contributed by atoms with Gasteiger partial charge >= 0.3 is 0 Å². The van der Waals surface area contributed by atoms with Crippen molar-refractivity contribution >= 4 is 65.6 Å². The summed E-state index contributed by atoms with van der Waals surface area (Å²) >= 11 is 8.50. The van der Waals surface area contributed by atoms with E-state index in [2.05, 4.69) is 24.9 Å². The molecular weight excluding hydrogens is 548 g/mol. The van der Waals surface area contributed by atoms with Gasteiger partial charge in [-0.3, -0.25) is 14.7 Å². The Bertz CT molecular complexity index is 1520. The van der Waals surface area contributed by atoms with Crippen molar-refractivity contribution in [3.8, 4) is 0 Å². The Morgan fingerprint density at radius 2 is 2.00 bits per heavy atom. The molecule has 1 saturated heterocycles. The summed E-state index contributed by atoms with van der Waals surface area (Å²) in [6, 6.07) is 12.1. The first-order chi connectivity index (χ1) is 17.8. The SMILES string of the molecule is CC(C)c1cccc2sc(N(Cc3cccnc3)C(=O)C3CCCCN3S(=O)(=O)c3ccc(Cl)s3)nc12. The Kier molecular flexibility index (Phi) is 7.65. The van der Waals surface area contributed by atoms with E-state index < -0.39 is 16.1 Å². The Morgan fingerprint density at radius 3 is 2.70 bits per heavy atom. The van der Waals surface area contributed by atoms with E-state index in [0.717, 1.165) is 39.1 Å². The van der Waals surface area contributed by atoms with Crippen LogP contribution in [0.1, 0.15) is 50.2 Å². The molecule has 1 aromatic carbocycles. The largest absolute Gasteiger partial charge is 0.282 e. The third-order valence-corrected chi connectivity index (χ3v) is 11.1. The highest BCUT2D eigenvalue weighted by Crippen LogP contribution is 2.37. The monoisotopic (exact) mass is 574 g/mol. The predicted octanol–water partition coefficient (Wildman–Crippen LogP) is 6.31. The lowest BCUT2D eigenvalue weighted by Gasteiger charge is -2.35. The lowest BCUT2D eigenvalue weighted by Crippen LogP contribution is -2.52. The normalized spacial score (nSPS) is 16.9. The van der Waals surface area contributed by atoms with Crippen LogP contribution in [0.25, 0.3) is 10.2 Å². The number of carbonyl (C=O) groups excluding carboxylic acids is 1. The maximum atomic E-state index is 14.2. The van der Waals surface area contributed by atoms with Gasteiger partial charge in [0.05, 0.1) is 21.1 Å². The van der Waals surface area contributed by atoms with Gasteiger partial charge in [-0.05, 0) is 54.2 Å². The number of para-hydroxylation sites is 1. The minimum atomic E-state index is -3.88. The van der Waals surface area contributed by atoms with Crippen molar-refractivity contribution in [1.29, 1.82) is 0 Å². The van der Waals surface area contributed by atoms with Gasteiger partial charge < -0.3 is 0 Å². The molecule has 4 aromatic rings. The fourth-order valence-electron chi connectivity index (χ4n) is 4.62. The average molecular weight is 575 g/mol. The molecule has 3 aromatic heterocycles. The van der Waals surface area contributed by atoms with Crippen molar-refractivity contribution in [2.45, 2.75) is 55.8 Å². The number of hydrogen-bond acceptors (Lipinski definition) is 7. The molecule has 1 fully saturated rings. The smallest absolute Gasteiger partial charge is 0.253 e. The summed E-state index contributed by atoms with van der Waals surface area (Å²) in [6.07, 6.45) is 5.32. The van der Waals surface area contributed by atoms with Gasteiger partial charge in [-0.2, -0.15) is 4.31 Å². The van der Waals surface area contributed by atoms with E-state index in [-0.39, 0.29) is 29.1 Å². The molecule has 5 rings (SSSR count). The molecule has 0 radical (unpaired) electrons. The van der Waals surface area contributed by atoms with Crippen LogP contribution in [0.15, 0.2) is 59.1 Å². The summed E-state index contributed by atoms with van der Waals surface area (Å²) in [7, 11) is -3.88. The van der Waals surface area contributed by atoms with Crippen molar-refractivity contribution in [1.82, 2.24) is 14.3 Å². The molecule has 0 bridgehead atoms. The van der Waals surface area contributed by atoms with Gasteiger partial charge in [0, 0.05) is 18.9 Å². The fourth-order valence-corrected chi connectivity index (χ4v) is 8.89. The van der Waals surface area contributed by atoms with Crippen molar-refractivity contribution in [2.75, 3.05) is 11.4 Å². The van der Waals surface area contributed by atoms with Crippen LogP contribution in [0.3, 0.4) is 0 Å². The van der Waals surface area contributed by atoms with Gasteiger partial charge in [0.1, 0.15) is 10.3 Å². The molecule has 194 valence electrons. The molecule has 37 heavy (non-hydrogen) atoms. The van der Waals surface area contributed by atoms with Crippen LogP contribution in [-0.4, -0.2) is 41.2 Å². The number of carbonyl (C=O) groups is 1. The highest BCUT2D eigenvalue weighted by molar-refractivity contribution is 7.91. The number of nitrogens with zero attached hydrogens (tertiary/aromatic N) is 4. The number of thiophene rings is 1. The molecule has 1 atom stereocenters. The summed E-state index contributed by atoms with van der Waals surface area (Å²) in [5.74, 6) is -0.00217. The minimum absolute atomic E-state index is 0.151. The van der Waals surface area contributed by atoms with Gasteiger partial charge in [-0.25, -0.2) is 13.4 Å². The van der Waals surface area contributed by atoms with Crippen LogP contribution < -0.4 is 4.90 Å². The Hall–Kier alpha value is -2.37. The molecular formula is C26H27ClN4O3S3. The highest BCUT2D eigenvalue weighted by Gasteiger charge is 2.41. The van der Waals surface area contributed by atoms with Gasteiger partial charge in [0.25, 0.3) is 10.0 Å². The number of pyridine rings is 1. The maximum Gasteiger partial charge on any atom is 0.253 e. The molecule has 1 amide bonds. The van der Waals surface area contributed by atoms with Crippen LogP contribution in [0, 0.1) is 0 Å². The fraction of sp³-hybridized carbons (Fsp3) is 0.346. The topological polar surface area (TPSA) is 83.5 Å². The third-order valence-electron chi connectivity index (χ3n) is 6.47. The van der Waals surface area contributed by atoms with Crippen molar-refractivity contribution in [2.24, 2.45) is 0 Å². The number of benzene rings is 1. The van der Waals surface area contributed by atoms with Crippen LogP contribution >= 0.6 is 34.3 Å². The number of piperidine rings is 1. The number of fused-ring (bicyclic) bond motifs is 1. The molecule has 11 heteroatoms. The van der Waals surface area contributed by atoms with Crippen LogP contribution in [0.5, 0.6) is 0 Å². The highest BCUT2D eigenvalue weighted by atomic mass is 35.5. The third kappa shape index (κ3) is 5.31. The van der Waals surface area contributed by atoms with Gasteiger partial charge in [0.15, 0.2) is 5.13 Å². The van der Waals surface area contributed by atoms with Crippen molar-refractivity contribution < 1.29 is 13.2 Å². The number of sulfonamides is 1. The Labute approximate surface area is 229 Å². The number of rotatable bonds is 7. The van der Waals surface area contributed by atoms with E-state index in [1.54, 1.807) is 23.4 Å². The van der Waals surface area contributed by atoms with E-state index in [0.29, 0.717) is 22.3 Å². The van der Waals surface area contributed by atoms with E-state index >= 15 is 0 Å². The second kappa shape index (κ2) is 10.8. The van der Waals surface area contributed by atoms with E-state index in [9.17, 15) is 13.2 Å². The summed E-state index contributed by atoms with van der Waals surface area (Å²) in [6.45, 7) is 4.77. The molecule has 7 nitrogen and oxygen atoms in total. The van der Waals surface area contributed by atoms with Crippen molar-refractivity contribution in [3.05, 3.63) is 70.3 Å². The first-order valence-electron chi connectivity index (χ1n) is 12.1. The number of aromatic nitrogens is 2. The number of halogens is 1. The average Bonchev–Trinajstić information content (AvgIpc) is 3.54. The number of thiazole rings is 1. The number of anilines is 1. The summed E-state index contributed by atoms with van der Waals surface area (Å²) < 4.78 is 30.0. The Balaban J connectivity index is 1.56. The predicted molar refractivity (Wildman–Crippen MR) is 150 cm³/mol. The van der Waals surface area contributed by atoms with Crippen molar-refractivity contribution in [3.63, 3.8) is 0 Å². The molecule has 0 N–H and O–H groups in total. The van der Waals surface area contributed by atoms with E-state index in [1.807, 2.05) is 24.3 Å². The number of hydrogen-bond donors (Lipinski definition) is 0. The molecule has 0 saturated carbocycles. The second-order valence-electron chi connectivity index (χ2n) is 9.32. The Morgan fingerprint density at radius 1 is 1.16 bits per heavy atom. The van der Waals surface area contributed by atoms with Gasteiger partial charge in [0.2, 0.25) is 5.91 Å². The molecule has 4 heterocycles.